The number of methoxy groups -OCH3 is 1. The lowest BCUT2D eigenvalue weighted by molar-refractivity contribution is -0.141. The largest absolute Gasteiger partial charge is 0.497 e. The molecule has 0 aliphatic heterocycles. The fourth-order valence-electron chi connectivity index (χ4n) is 1.87. The first-order chi connectivity index (χ1) is 10.5. The van der Waals surface area contributed by atoms with E-state index in [0.29, 0.717) is 6.42 Å². The highest BCUT2D eigenvalue weighted by atomic mass is 32.2. The molecule has 1 aromatic carbocycles. The predicted octanol–water partition coefficient (Wildman–Crippen LogP) is 2.94. The van der Waals surface area contributed by atoms with Crippen LogP contribution in [0.15, 0.2) is 29.2 Å². The highest BCUT2D eigenvalue weighted by Crippen LogP contribution is 2.25. The van der Waals surface area contributed by atoms with E-state index in [1.165, 1.54) is 11.8 Å². The molecule has 2 N–H and O–H groups in total. The molecule has 0 saturated carbocycles. The van der Waals surface area contributed by atoms with Crippen molar-refractivity contribution < 1.29 is 19.4 Å². The van der Waals surface area contributed by atoms with Gasteiger partial charge in [-0.05, 0) is 37.6 Å². The number of ether oxygens (including phenoxy) is 1. The average molecular weight is 325 g/mol. The van der Waals surface area contributed by atoms with Crippen LogP contribution in [0.4, 0.5) is 0 Å². The Hall–Kier alpha value is -1.69. The molecule has 0 radical (unpaired) electrons. The molecule has 22 heavy (non-hydrogen) atoms. The van der Waals surface area contributed by atoms with Crippen LogP contribution >= 0.6 is 11.8 Å². The van der Waals surface area contributed by atoms with Crippen LogP contribution in [0.1, 0.15) is 33.1 Å². The maximum absolute atomic E-state index is 12.1. The summed E-state index contributed by atoms with van der Waals surface area (Å²) in [7, 11) is 1.60. The van der Waals surface area contributed by atoms with Crippen molar-refractivity contribution in [2.75, 3.05) is 7.11 Å². The summed E-state index contributed by atoms with van der Waals surface area (Å²) in [4.78, 5) is 24.2. The number of carbonyl (C=O) groups is 2. The molecule has 1 amide bonds. The molecule has 0 spiro atoms. The SMILES string of the molecule is CCCCC(NC(=O)C(C)Sc1ccc(OC)cc1)C(=O)O. The number of amides is 1. The Labute approximate surface area is 135 Å². The Morgan fingerprint density at radius 1 is 1.32 bits per heavy atom. The summed E-state index contributed by atoms with van der Waals surface area (Å²) in [5.41, 5.74) is 0. The van der Waals surface area contributed by atoms with Crippen LogP contribution in [0, 0.1) is 0 Å². The van der Waals surface area contributed by atoms with E-state index in [1.54, 1.807) is 14.0 Å². The number of aliphatic carboxylic acids is 1. The second-order valence-electron chi connectivity index (χ2n) is 4.98. The number of thioether (sulfide) groups is 1. The minimum atomic E-state index is -0.983. The van der Waals surface area contributed by atoms with Gasteiger partial charge in [0.15, 0.2) is 0 Å². The van der Waals surface area contributed by atoms with Gasteiger partial charge in [-0.1, -0.05) is 19.8 Å². The van der Waals surface area contributed by atoms with Gasteiger partial charge in [0.1, 0.15) is 11.8 Å². The third-order valence-corrected chi connectivity index (χ3v) is 4.31. The molecule has 0 bridgehead atoms. The van der Waals surface area contributed by atoms with Crippen LogP contribution in [-0.2, 0) is 9.59 Å². The summed E-state index contributed by atoms with van der Waals surface area (Å²) >= 11 is 1.39. The zero-order chi connectivity index (χ0) is 16.5. The third-order valence-electron chi connectivity index (χ3n) is 3.20. The lowest BCUT2D eigenvalue weighted by Crippen LogP contribution is -2.43. The van der Waals surface area contributed by atoms with E-state index >= 15 is 0 Å². The number of nitrogens with one attached hydrogen (secondary N) is 1. The number of carboxylic acid groups (broad SMARTS) is 1. The highest BCUT2D eigenvalue weighted by Gasteiger charge is 2.22. The molecule has 0 heterocycles. The molecule has 5 nitrogen and oxygen atoms in total. The number of carboxylic acids is 1. The van der Waals surface area contributed by atoms with E-state index in [1.807, 2.05) is 31.2 Å². The van der Waals surface area contributed by atoms with Gasteiger partial charge in [-0.3, -0.25) is 4.79 Å². The van der Waals surface area contributed by atoms with Crippen molar-refractivity contribution in [3.05, 3.63) is 24.3 Å². The Morgan fingerprint density at radius 2 is 1.95 bits per heavy atom. The molecule has 0 aliphatic rings. The van der Waals surface area contributed by atoms with E-state index in [4.69, 9.17) is 9.84 Å². The Kier molecular flexibility index (Phi) is 7.80. The van der Waals surface area contributed by atoms with E-state index in [2.05, 4.69) is 5.32 Å². The molecule has 0 aliphatic carbocycles. The quantitative estimate of drug-likeness (QED) is 0.683. The first-order valence-electron chi connectivity index (χ1n) is 7.31. The number of benzene rings is 1. The predicted molar refractivity (Wildman–Crippen MR) is 87.4 cm³/mol. The normalized spacial score (nSPS) is 13.2. The minimum absolute atomic E-state index is 0.260. The van der Waals surface area contributed by atoms with Gasteiger partial charge in [-0.15, -0.1) is 11.8 Å². The molecule has 6 heteroatoms. The van der Waals surface area contributed by atoms with Crippen LogP contribution in [0.2, 0.25) is 0 Å². The molecule has 2 unspecified atom stereocenters. The van der Waals surface area contributed by atoms with Crippen molar-refractivity contribution in [1.82, 2.24) is 5.32 Å². The fourth-order valence-corrected chi connectivity index (χ4v) is 2.74. The van der Waals surface area contributed by atoms with Crippen LogP contribution in [0.25, 0.3) is 0 Å². The Bertz CT molecular complexity index is 489. The molecule has 0 aromatic heterocycles. The van der Waals surface area contributed by atoms with Crippen molar-refractivity contribution in [2.24, 2.45) is 0 Å². The van der Waals surface area contributed by atoms with Crippen LogP contribution in [-0.4, -0.2) is 35.4 Å². The summed E-state index contributed by atoms with van der Waals surface area (Å²) < 4.78 is 5.08. The molecule has 1 aromatic rings. The van der Waals surface area contributed by atoms with E-state index in [9.17, 15) is 9.59 Å². The average Bonchev–Trinajstić information content (AvgIpc) is 2.51. The van der Waals surface area contributed by atoms with Gasteiger partial charge < -0.3 is 15.2 Å². The second kappa shape index (κ2) is 9.35. The van der Waals surface area contributed by atoms with E-state index < -0.39 is 12.0 Å². The summed E-state index contributed by atoms with van der Waals surface area (Å²) in [6.45, 7) is 3.76. The summed E-state index contributed by atoms with van der Waals surface area (Å²) in [6.07, 6.45) is 2.13. The third kappa shape index (κ3) is 5.97. The fraction of sp³-hybridized carbons (Fsp3) is 0.500. The lowest BCUT2D eigenvalue weighted by atomic mass is 10.1. The van der Waals surface area contributed by atoms with E-state index in [-0.39, 0.29) is 11.2 Å². The smallest absolute Gasteiger partial charge is 0.326 e. The zero-order valence-electron chi connectivity index (χ0n) is 13.2. The van der Waals surface area contributed by atoms with Gasteiger partial charge in [-0.25, -0.2) is 4.79 Å². The summed E-state index contributed by atoms with van der Waals surface area (Å²) in [6, 6.07) is 6.59. The number of hydrogen-bond donors (Lipinski definition) is 2. The van der Waals surface area contributed by atoms with E-state index in [0.717, 1.165) is 23.5 Å². The van der Waals surface area contributed by atoms with Gasteiger partial charge in [0.2, 0.25) is 5.91 Å². The number of unbranched alkanes of at least 4 members (excludes halogenated alkanes) is 1. The van der Waals surface area contributed by atoms with Crippen molar-refractivity contribution in [2.45, 2.75) is 49.3 Å². The zero-order valence-corrected chi connectivity index (χ0v) is 14.0. The molecular weight excluding hydrogens is 302 g/mol. The Morgan fingerprint density at radius 3 is 2.45 bits per heavy atom. The number of carbonyl (C=O) groups excluding carboxylic acids is 1. The summed E-state index contributed by atoms with van der Waals surface area (Å²) in [5, 5.41) is 11.4. The first kappa shape index (κ1) is 18.4. The van der Waals surface area contributed by atoms with Crippen LogP contribution in [0.5, 0.6) is 5.75 Å². The standard InChI is InChI=1S/C16H23NO4S/c1-4-5-6-14(16(19)20)17-15(18)11(2)22-13-9-7-12(21-3)8-10-13/h7-11,14H,4-6H2,1-3H3,(H,17,18)(H,19,20). The monoisotopic (exact) mass is 325 g/mol. The molecule has 0 saturated heterocycles. The molecular formula is C16H23NO4S. The topological polar surface area (TPSA) is 75.6 Å². The van der Waals surface area contributed by atoms with Crippen LogP contribution in [0.3, 0.4) is 0 Å². The van der Waals surface area contributed by atoms with Crippen LogP contribution < -0.4 is 10.1 Å². The lowest BCUT2D eigenvalue weighted by Gasteiger charge is -2.17. The van der Waals surface area contributed by atoms with Gasteiger partial charge in [0.05, 0.1) is 12.4 Å². The molecule has 122 valence electrons. The van der Waals surface area contributed by atoms with Gasteiger partial charge in [-0.2, -0.15) is 0 Å². The van der Waals surface area contributed by atoms with Gasteiger partial charge in [0, 0.05) is 4.90 Å². The minimum Gasteiger partial charge on any atom is -0.497 e. The first-order valence-corrected chi connectivity index (χ1v) is 8.19. The number of hydrogen-bond acceptors (Lipinski definition) is 4. The maximum Gasteiger partial charge on any atom is 0.326 e. The van der Waals surface area contributed by atoms with Crippen molar-refractivity contribution in [1.29, 1.82) is 0 Å². The second-order valence-corrected chi connectivity index (χ2v) is 6.39. The highest BCUT2D eigenvalue weighted by molar-refractivity contribution is 8.00. The van der Waals surface area contributed by atoms with Crippen molar-refractivity contribution >= 4 is 23.6 Å². The number of rotatable bonds is 9. The molecule has 2 atom stereocenters. The maximum atomic E-state index is 12.1. The molecule has 1 rings (SSSR count). The van der Waals surface area contributed by atoms with Crippen molar-refractivity contribution in [3.8, 4) is 5.75 Å². The van der Waals surface area contributed by atoms with Gasteiger partial charge in [0.25, 0.3) is 0 Å². The van der Waals surface area contributed by atoms with Gasteiger partial charge >= 0.3 is 5.97 Å². The summed E-state index contributed by atoms with van der Waals surface area (Å²) in [5.74, 6) is -0.486. The van der Waals surface area contributed by atoms with Crippen molar-refractivity contribution in [3.63, 3.8) is 0 Å². The molecule has 0 fully saturated rings. The Balaban J connectivity index is 2.57.